The van der Waals surface area contributed by atoms with Crippen molar-refractivity contribution >= 4 is 11.7 Å². The van der Waals surface area contributed by atoms with E-state index in [0.29, 0.717) is 19.4 Å². The van der Waals surface area contributed by atoms with Crippen LogP contribution in [0, 0.1) is 0 Å². The summed E-state index contributed by atoms with van der Waals surface area (Å²) in [5.41, 5.74) is 1.94. The highest BCUT2D eigenvalue weighted by atomic mass is 16.5. The van der Waals surface area contributed by atoms with Crippen LogP contribution in [0.25, 0.3) is 0 Å². The maximum Gasteiger partial charge on any atom is 0.331 e. The van der Waals surface area contributed by atoms with Crippen LogP contribution >= 0.6 is 0 Å². The van der Waals surface area contributed by atoms with Gasteiger partial charge in [-0.1, -0.05) is 30.3 Å². The Morgan fingerprint density at radius 3 is 2.48 bits per heavy atom. The van der Waals surface area contributed by atoms with Crippen LogP contribution in [0.4, 0.5) is 0 Å². The fourth-order valence-electron chi connectivity index (χ4n) is 2.62. The molecule has 0 amide bonds. The van der Waals surface area contributed by atoms with Crippen molar-refractivity contribution in [3.8, 4) is 5.75 Å². The lowest BCUT2D eigenvalue weighted by atomic mass is 9.99. The molecular formula is C19H19NO3. The average molecular weight is 309 g/mol. The van der Waals surface area contributed by atoms with Crippen LogP contribution in [0.3, 0.4) is 0 Å². The summed E-state index contributed by atoms with van der Waals surface area (Å²) in [5, 5.41) is 9.23. The highest BCUT2D eigenvalue weighted by Crippen LogP contribution is 2.29. The van der Waals surface area contributed by atoms with E-state index in [-0.39, 0.29) is 0 Å². The third kappa shape index (κ3) is 3.42. The van der Waals surface area contributed by atoms with E-state index in [4.69, 9.17) is 4.74 Å². The largest absolute Gasteiger partial charge is 0.489 e. The van der Waals surface area contributed by atoms with Gasteiger partial charge in [0.2, 0.25) is 0 Å². The number of hydrogen-bond acceptors (Lipinski definition) is 3. The molecule has 0 spiro atoms. The molecule has 1 atom stereocenters. The molecule has 4 nitrogen and oxygen atoms in total. The SMILES string of the molecule is C[C@@]1(C(=O)O)CCC(c2ccc(OCc3ccccc3)cc2)=N1. The van der Waals surface area contributed by atoms with Crippen LogP contribution in [-0.4, -0.2) is 22.3 Å². The van der Waals surface area contributed by atoms with Gasteiger partial charge in [0.15, 0.2) is 5.54 Å². The van der Waals surface area contributed by atoms with Crippen molar-refractivity contribution in [2.45, 2.75) is 31.9 Å². The average Bonchev–Trinajstić information content (AvgIpc) is 2.98. The molecule has 0 bridgehead atoms. The van der Waals surface area contributed by atoms with Gasteiger partial charge in [0.05, 0.1) is 0 Å². The Labute approximate surface area is 135 Å². The van der Waals surface area contributed by atoms with Crippen LogP contribution in [0.2, 0.25) is 0 Å². The molecule has 1 N–H and O–H groups in total. The van der Waals surface area contributed by atoms with E-state index in [1.54, 1.807) is 6.92 Å². The predicted molar refractivity (Wildman–Crippen MR) is 89.0 cm³/mol. The third-order valence-electron chi connectivity index (χ3n) is 4.13. The zero-order chi connectivity index (χ0) is 16.3. The molecule has 0 saturated heterocycles. The van der Waals surface area contributed by atoms with Crippen LogP contribution < -0.4 is 4.74 Å². The molecule has 0 fully saturated rings. The molecule has 1 aliphatic heterocycles. The highest BCUT2D eigenvalue weighted by molar-refractivity contribution is 6.04. The first-order valence-electron chi connectivity index (χ1n) is 7.66. The van der Waals surface area contributed by atoms with Crippen molar-refractivity contribution in [3.05, 3.63) is 65.7 Å². The maximum absolute atomic E-state index is 11.2. The van der Waals surface area contributed by atoms with Crippen molar-refractivity contribution < 1.29 is 14.6 Å². The first-order chi connectivity index (χ1) is 11.1. The summed E-state index contributed by atoms with van der Waals surface area (Å²) >= 11 is 0. The summed E-state index contributed by atoms with van der Waals surface area (Å²) < 4.78 is 5.75. The van der Waals surface area contributed by atoms with Gasteiger partial charge in [-0.15, -0.1) is 0 Å². The normalized spacial score (nSPS) is 20.1. The van der Waals surface area contributed by atoms with Crippen LogP contribution in [0.15, 0.2) is 59.6 Å². The molecule has 0 aromatic heterocycles. The van der Waals surface area contributed by atoms with Gasteiger partial charge < -0.3 is 9.84 Å². The van der Waals surface area contributed by atoms with Gasteiger partial charge in [0.1, 0.15) is 12.4 Å². The van der Waals surface area contributed by atoms with Crippen molar-refractivity contribution in [3.63, 3.8) is 0 Å². The molecule has 23 heavy (non-hydrogen) atoms. The molecular weight excluding hydrogens is 290 g/mol. The van der Waals surface area contributed by atoms with Gasteiger partial charge in [-0.25, -0.2) is 4.79 Å². The summed E-state index contributed by atoms with van der Waals surface area (Å²) in [6.07, 6.45) is 1.23. The van der Waals surface area contributed by atoms with Crippen LogP contribution in [-0.2, 0) is 11.4 Å². The zero-order valence-electron chi connectivity index (χ0n) is 13.0. The van der Waals surface area contributed by atoms with Crippen molar-refractivity contribution in [2.75, 3.05) is 0 Å². The number of aliphatic imine (C=N–C) groups is 1. The number of ether oxygens (including phenoxy) is 1. The second kappa shape index (κ2) is 6.24. The lowest BCUT2D eigenvalue weighted by Gasteiger charge is -2.12. The van der Waals surface area contributed by atoms with E-state index < -0.39 is 11.5 Å². The molecule has 0 radical (unpaired) electrons. The molecule has 4 heteroatoms. The van der Waals surface area contributed by atoms with Crippen molar-refractivity contribution in [1.29, 1.82) is 0 Å². The van der Waals surface area contributed by atoms with E-state index >= 15 is 0 Å². The van der Waals surface area contributed by atoms with E-state index in [2.05, 4.69) is 4.99 Å². The number of benzene rings is 2. The van der Waals surface area contributed by atoms with E-state index in [1.165, 1.54) is 0 Å². The van der Waals surface area contributed by atoms with E-state index in [0.717, 1.165) is 22.6 Å². The summed E-state index contributed by atoms with van der Waals surface area (Å²) in [7, 11) is 0. The second-order valence-electron chi connectivity index (χ2n) is 5.94. The third-order valence-corrected chi connectivity index (χ3v) is 4.13. The number of carboxylic acids is 1. The Kier molecular flexibility index (Phi) is 4.15. The summed E-state index contributed by atoms with van der Waals surface area (Å²) in [5.74, 6) is -0.0764. The minimum absolute atomic E-state index is 0.526. The molecule has 1 aliphatic rings. The maximum atomic E-state index is 11.2. The molecule has 1 heterocycles. The van der Waals surface area contributed by atoms with Gasteiger partial charge in [0.25, 0.3) is 0 Å². The fraction of sp³-hybridized carbons (Fsp3) is 0.263. The quantitative estimate of drug-likeness (QED) is 0.916. The second-order valence-corrected chi connectivity index (χ2v) is 5.94. The Balaban J connectivity index is 1.67. The fourth-order valence-corrected chi connectivity index (χ4v) is 2.62. The van der Waals surface area contributed by atoms with Crippen LogP contribution in [0.5, 0.6) is 5.75 Å². The Bertz CT molecular complexity index is 722. The number of carbonyl (C=O) groups is 1. The van der Waals surface area contributed by atoms with Gasteiger partial charge in [-0.2, -0.15) is 0 Å². The first-order valence-corrected chi connectivity index (χ1v) is 7.66. The number of hydrogen-bond donors (Lipinski definition) is 1. The van der Waals surface area contributed by atoms with Gasteiger partial charge >= 0.3 is 5.97 Å². The molecule has 0 saturated carbocycles. The molecule has 3 rings (SSSR count). The Morgan fingerprint density at radius 1 is 1.17 bits per heavy atom. The molecule has 118 valence electrons. The lowest BCUT2D eigenvalue weighted by Crippen LogP contribution is -2.30. The summed E-state index contributed by atoms with van der Waals surface area (Å²) in [6, 6.07) is 17.7. The molecule has 0 aliphatic carbocycles. The number of aliphatic carboxylic acids is 1. The molecule has 0 unspecified atom stereocenters. The monoisotopic (exact) mass is 309 g/mol. The smallest absolute Gasteiger partial charge is 0.331 e. The number of rotatable bonds is 5. The number of carboxylic acid groups (broad SMARTS) is 1. The minimum Gasteiger partial charge on any atom is -0.489 e. The topological polar surface area (TPSA) is 58.9 Å². The van der Waals surface area contributed by atoms with Crippen molar-refractivity contribution in [2.24, 2.45) is 4.99 Å². The van der Waals surface area contributed by atoms with Gasteiger partial charge in [-0.05, 0) is 55.2 Å². The first kappa shape index (κ1) is 15.3. The highest BCUT2D eigenvalue weighted by Gasteiger charge is 2.37. The van der Waals surface area contributed by atoms with Gasteiger partial charge in [0, 0.05) is 5.71 Å². The van der Waals surface area contributed by atoms with Gasteiger partial charge in [-0.3, -0.25) is 4.99 Å². The minimum atomic E-state index is -0.988. The van der Waals surface area contributed by atoms with E-state index in [1.807, 2.05) is 54.6 Å². The molecule has 2 aromatic rings. The van der Waals surface area contributed by atoms with E-state index in [9.17, 15) is 9.90 Å². The summed E-state index contributed by atoms with van der Waals surface area (Å²) in [4.78, 5) is 15.6. The molecule has 2 aromatic carbocycles. The lowest BCUT2D eigenvalue weighted by molar-refractivity contribution is -0.142. The van der Waals surface area contributed by atoms with Crippen molar-refractivity contribution in [1.82, 2.24) is 0 Å². The predicted octanol–water partition coefficient (Wildman–Crippen LogP) is 3.69. The number of nitrogens with zero attached hydrogens (tertiary/aromatic N) is 1. The standard InChI is InChI=1S/C19H19NO3/c1-19(18(21)22)12-11-17(20-19)15-7-9-16(10-8-15)23-13-14-5-3-2-4-6-14/h2-10H,11-13H2,1H3,(H,21,22)/t19-/m0/s1. The Hall–Kier alpha value is -2.62. The Morgan fingerprint density at radius 2 is 1.87 bits per heavy atom. The zero-order valence-corrected chi connectivity index (χ0v) is 13.0. The van der Waals surface area contributed by atoms with Crippen LogP contribution in [0.1, 0.15) is 30.9 Å². The summed E-state index contributed by atoms with van der Waals surface area (Å²) in [6.45, 7) is 2.19.